The summed E-state index contributed by atoms with van der Waals surface area (Å²) in [6.07, 6.45) is 9.88. The van der Waals surface area contributed by atoms with Crippen LogP contribution in [0, 0.1) is 5.41 Å². The van der Waals surface area contributed by atoms with Gasteiger partial charge in [0, 0.05) is 24.2 Å². The van der Waals surface area contributed by atoms with Gasteiger partial charge < -0.3 is 42.6 Å². The van der Waals surface area contributed by atoms with Crippen LogP contribution in [0.25, 0.3) is 21.5 Å². The van der Waals surface area contributed by atoms with Gasteiger partial charge in [-0.2, -0.15) is 0 Å². The molecule has 1 aliphatic heterocycles. The number of fused-ring (bicyclic) bond motifs is 2. The van der Waals surface area contributed by atoms with Crippen molar-refractivity contribution in [3.8, 4) is 34.5 Å². The molecule has 0 radical (unpaired) electrons. The summed E-state index contributed by atoms with van der Waals surface area (Å²) in [7, 11) is 1.42. The first-order valence-corrected chi connectivity index (χ1v) is 23.9. The minimum atomic E-state index is -0.625. The SMILES string of the molecule is C=CC(=O)OCCCCCCOc1ccc2cc(C(=O)Oc3ccc(OC(=O)c4ccc5cc(OC(=O)c6ccc(OCCCCCCOCC7(CC)COC7)cc6)ccc5c4)c(OC)c3)ccc2c1. The monoisotopic (exact) mass is 952 g/mol. The second-order valence-electron chi connectivity index (χ2n) is 17.2. The van der Waals surface area contributed by atoms with Crippen molar-refractivity contribution in [2.24, 2.45) is 5.41 Å². The van der Waals surface area contributed by atoms with Crippen molar-refractivity contribution in [3.63, 3.8) is 0 Å². The molecule has 13 nitrogen and oxygen atoms in total. The summed E-state index contributed by atoms with van der Waals surface area (Å²) in [4.78, 5) is 50.7. The van der Waals surface area contributed by atoms with Crippen LogP contribution in [0.4, 0.5) is 0 Å². The number of esters is 4. The van der Waals surface area contributed by atoms with E-state index in [9.17, 15) is 19.2 Å². The second-order valence-corrected chi connectivity index (χ2v) is 17.2. The van der Waals surface area contributed by atoms with E-state index in [1.54, 1.807) is 72.8 Å². The van der Waals surface area contributed by atoms with Crippen LogP contribution < -0.4 is 28.4 Å². The normalized spacial score (nSPS) is 12.7. The topological polar surface area (TPSA) is 151 Å². The molecule has 6 aromatic rings. The van der Waals surface area contributed by atoms with Gasteiger partial charge in [-0.25, -0.2) is 19.2 Å². The number of carbonyl (C=O) groups excluding carboxylic acids is 4. The number of unbranched alkanes of at least 4 members (excludes halogenated alkanes) is 6. The Morgan fingerprint density at radius 1 is 0.529 bits per heavy atom. The molecule has 0 unspecified atom stereocenters. The van der Waals surface area contributed by atoms with E-state index >= 15 is 0 Å². The van der Waals surface area contributed by atoms with Crippen LogP contribution in [0.15, 0.2) is 128 Å². The molecule has 0 atom stereocenters. The molecular formula is C57H60O13. The number of methoxy groups -OCH3 is 1. The van der Waals surface area contributed by atoms with Crippen LogP contribution in [0.3, 0.4) is 0 Å². The first-order chi connectivity index (χ1) is 34.1. The molecular weight excluding hydrogens is 893 g/mol. The average molecular weight is 953 g/mol. The molecule has 13 heteroatoms. The number of carbonyl (C=O) groups is 4. The predicted octanol–water partition coefficient (Wildman–Crippen LogP) is 11.7. The zero-order valence-corrected chi connectivity index (χ0v) is 39.9. The van der Waals surface area contributed by atoms with Crippen molar-refractivity contribution in [3.05, 3.63) is 145 Å². The lowest BCUT2D eigenvalue weighted by Crippen LogP contribution is -2.45. The highest BCUT2D eigenvalue weighted by Crippen LogP contribution is 2.34. The number of ether oxygens (including phenoxy) is 9. The van der Waals surface area contributed by atoms with Crippen LogP contribution in [0.2, 0.25) is 0 Å². The van der Waals surface area contributed by atoms with E-state index in [2.05, 4.69) is 13.5 Å². The minimum absolute atomic E-state index is 0.137. The fraction of sp³-hybridized carbons (Fsp3) is 0.333. The van der Waals surface area contributed by atoms with Crippen molar-refractivity contribution >= 4 is 45.4 Å². The van der Waals surface area contributed by atoms with Gasteiger partial charge in [-0.1, -0.05) is 44.2 Å². The van der Waals surface area contributed by atoms with Crippen LogP contribution >= 0.6 is 0 Å². The van der Waals surface area contributed by atoms with Gasteiger partial charge in [0.05, 0.1) is 63.4 Å². The summed E-state index contributed by atoms with van der Waals surface area (Å²) in [6, 6.07) is 32.5. The van der Waals surface area contributed by atoms with E-state index < -0.39 is 23.9 Å². The molecule has 0 aromatic heterocycles. The van der Waals surface area contributed by atoms with Gasteiger partial charge >= 0.3 is 23.9 Å². The largest absolute Gasteiger partial charge is 0.494 e. The van der Waals surface area contributed by atoms with Crippen LogP contribution in [0.5, 0.6) is 34.5 Å². The molecule has 70 heavy (non-hydrogen) atoms. The Morgan fingerprint density at radius 2 is 1.01 bits per heavy atom. The number of hydrogen-bond acceptors (Lipinski definition) is 13. The fourth-order valence-corrected chi connectivity index (χ4v) is 7.73. The summed E-state index contributed by atoms with van der Waals surface area (Å²) in [5.41, 5.74) is 1.25. The molecule has 0 aliphatic carbocycles. The van der Waals surface area contributed by atoms with E-state index in [0.29, 0.717) is 42.4 Å². The summed E-state index contributed by atoms with van der Waals surface area (Å²) in [5.74, 6) is 0.192. The Labute approximate surface area is 408 Å². The Kier molecular flexibility index (Phi) is 18.4. The van der Waals surface area contributed by atoms with Crippen LogP contribution in [0.1, 0.15) is 95.8 Å². The van der Waals surface area contributed by atoms with Crippen molar-refractivity contribution in [1.29, 1.82) is 0 Å². The maximum Gasteiger partial charge on any atom is 0.343 e. The summed E-state index contributed by atoms with van der Waals surface area (Å²) >= 11 is 0. The number of hydrogen-bond donors (Lipinski definition) is 0. The zero-order valence-electron chi connectivity index (χ0n) is 39.9. The van der Waals surface area contributed by atoms with Gasteiger partial charge in [0.25, 0.3) is 0 Å². The van der Waals surface area contributed by atoms with Gasteiger partial charge in [-0.05, 0) is 158 Å². The maximum absolute atomic E-state index is 13.3. The molecule has 7 rings (SSSR count). The molecule has 366 valence electrons. The third kappa shape index (κ3) is 14.4. The molecule has 1 heterocycles. The van der Waals surface area contributed by atoms with E-state index in [4.69, 9.17) is 42.6 Å². The predicted molar refractivity (Wildman–Crippen MR) is 266 cm³/mol. The first kappa shape index (κ1) is 50.7. The number of rotatable bonds is 27. The highest BCUT2D eigenvalue weighted by atomic mass is 16.6. The Balaban J connectivity index is 0.833. The third-order valence-corrected chi connectivity index (χ3v) is 12.1. The molecule has 6 aromatic carbocycles. The van der Waals surface area contributed by atoms with Gasteiger partial charge in [0.15, 0.2) is 11.5 Å². The maximum atomic E-state index is 13.3. The smallest absolute Gasteiger partial charge is 0.343 e. The molecule has 0 saturated carbocycles. The highest BCUT2D eigenvalue weighted by molar-refractivity contribution is 5.98. The Hall–Kier alpha value is -7.22. The van der Waals surface area contributed by atoms with Crippen LogP contribution in [-0.4, -0.2) is 77.2 Å². The third-order valence-electron chi connectivity index (χ3n) is 12.1. The zero-order chi connectivity index (χ0) is 49.1. The molecule has 1 saturated heterocycles. The van der Waals surface area contributed by atoms with Crippen molar-refractivity contribution < 1.29 is 61.8 Å². The summed E-state index contributed by atoms with van der Waals surface area (Å²) in [6.45, 7) is 10.3. The molecule has 0 amide bonds. The quantitative estimate of drug-likeness (QED) is 0.0209. The van der Waals surface area contributed by atoms with Gasteiger partial charge in [-0.15, -0.1) is 0 Å². The Morgan fingerprint density at radius 3 is 1.61 bits per heavy atom. The molecule has 0 N–H and O–H groups in total. The average Bonchev–Trinajstić information content (AvgIpc) is 3.37. The fourth-order valence-electron chi connectivity index (χ4n) is 7.73. The number of benzene rings is 6. The second kappa shape index (κ2) is 25.4. The van der Waals surface area contributed by atoms with Crippen molar-refractivity contribution in [2.45, 2.75) is 64.7 Å². The molecule has 0 spiro atoms. The lowest BCUT2D eigenvalue weighted by molar-refractivity contribution is -0.150. The standard InChI is InChI=1S/C57H60O13/c1-4-53(58)67-31-13-9-8-12-30-66-48-24-20-41-32-45(16-14-43(41)34-48)55(60)69-50-26-27-51(52(36-50)62-3)70-56(61)46-17-15-44-35-49(25-21-42(44)33-46)68-54(59)40-18-22-47(23-19-40)65-29-11-7-6-10-28-63-37-57(5-2)38-64-39-57/h4,14-27,32-36H,1,5-13,28-31,37-39H2,2-3H3. The van der Waals surface area contributed by atoms with Gasteiger partial charge in [0.2, 0.25) is 0 Å². The van der Waals surface area contributed by atoms with Crippen molar-refractivity contribution in [2.75, 3.05) is 53.4 Å². The lowest BCUT2D eigenvalue weighted by Gasteiger charge is -2.40. The van der Waals surface area contributed by atoms with Crippen LogP contribution in [-0.2, 0) is 19.0 Å². The van der Waals surface area contributed by atoms with E-state index in [1.807, 2.05) is 24.3 Å². The highest BCUT2D eigenvalue weighted by Gasteiger charge is 2.36. The molecule has 1 fully saturated rings. The van der Waals surface area contributed by atoms with Gasteiger partial charge in [-0.3, -0.25) is 0 Å². The van der Waals surface area contributed by atoms with Gasteiger partial charge in [0.1, 0.15) is 23.0 Å². The van der Waals surface area contributed by atoms with E-state index in [0.717, 1.165) is 118 Å². The molecule has 1 aliphatic rings. The minimum Gasteiger partial charge on any atom is -0.494 e. The summed E-state index contributed by atoms with van der Waals surface area (Å²) < 4.78 is 50.6. The molecule has 0 bridgehead atoms. The Bertz CT molecular complexity index is 2730. The van der Waals surface area contributed by atoms with E-state index in [-0.39, 0.29) is 28.2 Å². The summed E-state index contributed by atoms with van der Waals surface area (Å²) in [5, 5.41) is 3.23. The lowest BCUT2D eigenvalue weighted by atomic mass is 9.84. The van der Waals surface area contributed by atoms with E-state index in [1.165, 1.54) is 25.3 Å². The first-order valence-electron chi connectivity index (χ1n) is 23.9. The van der Waals surface area contributed by atoms with Crippen molar-refractivity contribution in [1.82, 2.24) is 0 Å².